The van der Waals surface area contributed by atoms with Crippen molar-refractivity contribution in [3.63, 3.8) is 0 Å². The molecule has 1 aliphatic rings. The number of hydrogen-bond acceptors (Lipinski definition) is 4. The minimum absolute atomic E-state index is 0.144. The SMILES string of the molecule is Cc1ccc2c(c1)CCCN2C(=O)c1cncc(N)n1. The molecule has 1 aliphatic heterocycles. The lowest BCUT2D eigenvalue weighted by atomic mass is 9.99. The van der Waals surface area contributed by atoms with Crippen molar-refractivity contribution in [1.29, 1.82) is 0 Å². The van der Waals surface area contributed by atoms with Crippen molar-refractivity contribution in [3.05, 3.63) is 47.4 Å². The molecule has 1 aromatic heterocycles. The molecular weight excluding hydrogens is 252 g/mol. The average molecular weight is 268 g/mol. The Balaban J connectivity index is 1.98. The van der Waals surface area contributed by atoms with E-state index in [1.54, 1.807) is 4.90 Å². The van der Waals surface area contributed by atoms with E-state index < -0.39 is 0 Å². The number of amides is 1. The molecule has 1 aromatic carbocycles. The monoisotopic (exact) mass is 268 g/mol. The first-order valence-electron chi connectivity index (χ1n) is 6.64. The number of nitrogen functional groups attached to an aromatic ring is 1. The fourth-order valence-corrected chi connectivity index (χ4v) is 2.56. The van der Waals surface area contributed by atoms with E-state index >= 15 is 0 Å². The van der Waals surface area contributed by atoms with Gasteiger partial charge in [-0.25, -0.2) is 4.98 Å². The van der Waals surface area contributed by atoms with E-state index in [0.29, 0.717) is 12.2 Å². The molecule has 0 aliphatic carbocycles. The number of aryl methyl sites for hydroxylation is 2. The van der Waals surface area contributed by atoms with Gasteiger partial charge in [-0.05, 0) is 31.4 Å². The van der Waals surface area contributed by atoms with Crippen LogP contribution in [0.25, 0.3) is 0 Å². The second-order valence-electron chi connectivity index (χ2n) is 5.02. The van der Waals surface area contributed by atoms with Crippen LogP contribution in [0.5, 0.6) is 0 Å². The van der Waals surface area contributed by atoms with Gasteiger partial charge in [-0.2, -0.15) is 0 Å². The molecule has 0 spiro atoms. The van der Waals surface area contributed by atoms with E-state index in [4.69, 9.17) is 5.73 Å². The van der Waals surface area contributed by atoms with Crippen LogP contribution in [0, 0.1) is 6.92 Å². The number of hydrogen-bond donors (Lipinski definition) is 1. The fourth-order valence-electron chi connectivity index (χ4n) is 2.56. The molecule has 0 saturated carbocycles. The minimum atomic E-state index is -0.144. The molecule has 0 saturated heterocycles. The van der Waals surface area contributed by atoms with Crippen molar-refractivity contribution in [2.24, 2.45) is 0 Å². The third-order valence-electron chi connectivity index (χ3n) is 3.47. The average Bonchev–Trinajstić information content (AvgIpc) is 2.45. The molecule has 20 heavy (non-hydrogen) atoms. The van der Waals surface area contributed by atoms with Crippen LogP contribution < -0.4 is 10.6 Å². The van der Waals surface area contributed by atoms with Gasteiger partial charge in [0.1, 0.15) is 11.5 Å². The van der Waals surface area contributed by atoms with Crippen LogP contribution in [0.2, 0.25) is 0 Å². The normalized spacial score (nSPS) is 13.9. The zero-order valence-corrected chi connectivity index (χ0v) is 11.3. The van der Waals surface area contributed by atoms with E-state index in [1.807, 2.05) is 12.1 Å². The largest absolute Gasteiger partial charge is 0.382 e. The van der Waals surface area contributed by atoms with Crippen molar-refractivity contribution in [2.45, 2.75) is 19.8 Å². The Labute approximate surface area is 117 Å². The maximum atomic E-state index is 12.6. The molecule has 0 radical (unpaired) electrons. The van der Waals surface area contributed by atoms with Crippen LogP contribution >= 0.6 is 0 Å². The van der Waals surface area contributed by atoms with Crippen molar-refractivity contribution in [1.82, 2.24) is 9.97 Å². The molecule has 2 aromatic rings. The summed E-state index contributed by atoms with van der Waals surface area (Å²) in [6.45, 7) is 2.76. The lowest BCUT2D eigenvalue weighted by Gasteiger charge is -2.29. The van der Waals surface area contributed by atoms with Crippen LogP contribution in [0.15, 0.2) is 30.6 Å². The molecule has 0 atom stereocenters. The summed E-state index contributed by atoms with van der Waals surface area (Å²) in [6.07, 6.45) is 4.85. The Bertz CT molecular complexity index is 669. The Morgan fingerprint density at radius 2 is 2.20 bits per heavy atom. The van der Waals surface area contributed by atoms with E-state index in [9.17, 15) is 4.79 Å². The van der Waals surface area contributed by atoms with Gasteiger partial charge >= 0.3 is 0 Å². The smallest absolute Gasteiger partial charge is 0.278 e. The van der Waals surface area contributed by atoms with Crippen molar-refractivity contribution < 1.29 is 4.79 Å². The number of carbonyl (C=O) groups is 1. The van der Waals surface area contributed by atoms with Crippen LogP contribution in [-0.2, 0) is 6.42 Å². The van der Waals surface area contributed by atoms with Gasteiger partial charge in [0.15, 0.2) is 0 Å². The van der Waals surface area contributed by atoms with Crippen molar-refractivity contribution in [2.75, 3.05) is 17.2 Å². The number of nitrogens with zero attached hydrogens (tertiary/aromatic N) is 3. The van der Waals surface area contributed by atoms with Crippen LogP contribution in [0.1, 0.15) is 28.0 Å². The van der Waals surface area contributed by atoms with E-state index in [2.05, 4.69) is 23.0 Å². The minimum Gasteiger partial charge on any atom is -0.382 e. The number of aromatic nitrogens is 2. The van der Waals surface area contributed by atoms with Crippen molar-refractivity contribution >= 4 is 17.4 Å². The van der Waals surface area contributed by atoms with Crippen molar-refractivity contribution in [3.8, 4) is 0 Å². The van der Waals surface area contributed by atoms with Gasteiger partial charge < -0.3 is 10.6 Å². The van der Waals surface area contributed by atoms with Gasteiger partial charge in [0.25, 0.3) is 5.91 Å². The lowest BCUT2D eigenvalue weighted by Crippen LogP contribution is -2.36. The van der Waals surface area contributed by atoms with E-state index in [0.717, 1.165) is 18.5 Å². The predicted molar refractivity (Wildman–Crippen MR) is 77.6 cm³/mol. The molecular formula is C15H16N4O. The molecule has 3 rings (SSSR count). The molecule has 0 unspecified atom stereocenters. The molecule has 2 N–H and O–H groups in total. The third kappa shape index (κ3) is 2.22. The number of carbonyl (C=O) groups excluding carboxylic acids is 1. The number of nitrogens with two attached hydrogens (primary N) is 1. The van der Waals surface area contributed by atoms with E-state index in [1.165, 1.54) is 23.5 Å². The molecule has 2 heterocycles. The molecule has 0 bridgehead atoms. The first kappa shape index (κ1) is 12.6. The summed E-state index contributed by atoms with van der Waals surface area (Å²) < 4.78 is 0. The Morgan fingerprint density at radius 1 is 1.35 bits per heavy atom. The highest BCUT2D eigenvalue weighted by Gasteiger charge is 2.24. The fraction of sp³-hybridized carbons (Fsp3) is 0.267. The zero-order valence-electron chi connectivity index (χ0n) is 11.3. The maximum Gasteiger partial charge on any atom is 0.278 e. The summed E-state index contributed by atoms with van der Waals surface area (Å²) >= 11 is 0. The highest BCUT2D eigenvalue weighted by molar-refractivity contribution is 6.05. The molecule has 5 nitrogen and oxygen atoms in total. The summed E-state index contributed by atoms with van der Waals surface area (Å²) in [7, 11) is 0. The molecule has 5 heteroatoms. The first-order valence-corrected chi connectivity index (χ1v) is 6.64. The summed E-state index contributed by atoms with van der Waals surface area (Å²) in [5.74, 6) is 0.117. The standard InChI is InChI=1S/C15H16N4O/c1-10-4-5-13-11(7-10)3-2-6-19(13)15(20)12-8-17-9-14(16)18-12/h4-5,7-9H,2-3,6H2,1H3,(H2,16,18). The maximum absolute atomic E-state index is 12.6. The van der Waals surface area contributed by atoms with Crippen LogP contribution in [0.3, 0.4) is 0 Å². The summed E-state index contributed by atoms with van der Waals surface area (Å²) in [5, 5.41) is 0. The molecule has 102 valence electrons. The number of rotatable bonds is 1. The Kier molecular flexibility index (Phi) is 3.10. The molecule has 1 amide bonds. The summed E-state index contributed by atoms with van der Waals surface area (Å²) in [5.41, 5.74) is 9.27. The highest BCUT2D eigenvalue weighted by Crippen LogP contribution is 2.28. The molecule has 0 fully saturated rings. The lowest BCUT2D eigenvalue weighted by molar-refractivity contribution is 0.0980. The number of anilines is 2. The predicted octanol–water partition coefficient (Wildman–Crippen LogP) is 1.96. The van der Waals surface area contributed by atoms with Crippen LogP contribution in [-0.4, -0.2) is 22.4 Å². The Morgan fingerprint density at radius 3 is 3.00 bits per heavy atom. The first-order chi connectivity index (χ1) is 9.65. The second-order valence-corrected chi connectivity index (χ2v) is 5.02. The second kappa shape index (κ2) is 4.92. The van der Waals surface area contributed by atoms with Gasteiger partial charge in [0.05, 0.1) is 12.4 Å². The van der Waals surface area contributed by atoms with Crippen LogP contribution in [0.4, 0.5) is 11.5 Å². The quantitative estimate of drug-likeness (QED) is 0.858. The van der Waals surface area contributed by atoms with Gasteiger partial charge in [-0.15, -0.1) is 0 Å². The van der Waals surface area contributed by atoms with Gasteiger partial charge in [0.2, 0.25) is 0 Å². The van der Waals surface area contributed by atoms with Gasteiger partial charge in [-0.3, -0.25) is 9.78 Å². The van der Waals surface area contributed by atoms with Gasteiger partial charge in [-0.1, -0.05) is 17.7 Å². The summed E-state index contributed by atoms with van der Waals surface area (Å²) in [6, 6.07) is 6.16. The van der Waals surface area contributed by atoms with E-state index in [-0.39, 0.29) is 11.7 Å². The highest BCUT2D eigenvalue weighted by atomic mass is 16.2. The number of fused-ring (bicyclic) bond motifs is 1. The Hall–Kier alpha value is -2.43. The summed E-state index contributed by atoms with van der Waals surface area (Å²) in [4.78, 5) is 22.3. The van der Waals surface area contributed by atoms with Gasteiger partial charge in [0, 0.05) is 12.2 Å². The number of benzene rings is 1. The third-order valence-corrected chi connectivity index (χ3v) is 3.47. The topological polar surface area (TPSA) is 72.1 Å². The zero-order chi connectivity index (χ0) is 14.1.